The number of rotatable bonds is 7. The Balaban J connectivity index is 2.21. The van der Waals surface area contributed by atoms with Gasteiger partial charge in [0.2, 0.25) is 0 Å². The zero-order valence-corrected chi connectivity index (χ0v) is 33.4. The lowest BCUT2D eigenvalue weighted by molar-refractivity contribution is -0.317. The summed E-state index contributed by atoms with van der Waals surface area (Å²) in [5, 5.41) is 71.8. The molecule has 0 bridgehead atoms. The Hall–Kier alpha value is -1.50. The minimum absolute atomic E-state index is 0.0657. The molecular formula is C37H68N2O13. The SMILES string of the molecule is CC[C@@H]1OC(=O)[C@H](C)[C@H](O[C@H]2C[C@@](C)(OC)[C@@H](O)[C@H](C)O2)[C@H](C)[C@@H](O[C@@H]2O[C@H](C)C[C@H](N(C)C)[C@H]2O)[C@](C)(O)C[C@H](C)/C(=N\O)[C@@H](C)[C@@H](O)[C@]1(C)O. The topological polar surface area (TPSA) is 209 Å². The molecule has 304 valence electrons. The summed E-state index contributed by atoms with van der Waals surface area (Å²) >= 11 is 0. The molecule has 0 amide bonds. The normalized spacial score (nSPS) is 49.8. The quantitative estimate of drug-likeness (QED) is 0.125. The molecule has 0 aromatic heterocycles. The van der Waals surface area contributed by atoms with Crippen LogP contribution in [0.3, 0.4) is 0 Å². The summed E-state index contributed by atoms with van der Waals surface area (Å²) in [6, 6.07) is -0.322. The van der Waals surface area contributed by atoms with Crippen LogP contribution in [0.25, 0.3) is 0 Å². The number of hydrogen-bond donors (Lipinski definition) is 6. The number of carbonyl (C=O) groups excluding carboxylic acids is 1. The van der Waals surface area contributed by atoms with Crippen LogP contribution in [0.4, 0.5) is 0 Å². The number of ether oxygens (including phenoxy) is 6. The summed E-state index contributed by atoms with van der Waals surface area (Å²) in [5.74, 6) is -4.24. The molecule has 0 saturated carbocycles. The van der Waals surface area contributed by atoms with E-state index in [-0.39, 0.29) is 37.1 Å². The largest absolute Gasteiger partial charge is 0.459 e. The number of methoxy groups -OCH3 is 1. The molecule has 3 fully saturated rings. The van der Waals surface area contributed by atoms with E-state index in [0.29, 0.717) is 6.42 Å². The average molecular weight is 749 g/mol. The van der Waals surface area contributed by atoms with Gasteiger partial charge in [0.25, 0.3) is 0 Å². The molecule has 15 nitrogen and oxygen atoms in total. The van der Waals surface area contributed by atoms with E-state index < -0.39 is 102 Å². The van der Waals surface area contributed by atoms with E-state index in [1.54, 1.807) is 55.4 Å². The molecule has 18 atom stereocenters. The first kappa shape index (κ1) is 44.9. The standard InChI is InChI=1S/C37H68N2O13/c1-14-25-37(10,45)30(41)20(4)27(38-46)18(2)16-35(8,44)32(52-34-28(40)24(39(11)12)15-19(3)48-34)21(5)29(22(6)33(43)50-25)51-26-17-36(9,47-13)31(42)23(7)49-26/h18-26,28-32,34,40-42,44-46H,14-17H2,1-13H3/b38-27+/t18-,19+,20+,21-,22+,23-,24-,25-,26-,28+,29+,30+,31-,32+,34-,35+,36+,37+/m0/s1. The van der Waals surface area contributed by atoms with Crippen molar-refractivity contribution in [1.29, 1.82) is 0 Å². The lowest BCUT2D eigenvalue weighted by Gasteiger charge is -2.49. The first-order chi connectivity index (χ1) is 24.0. The maximum absolute atomic E-state index is 14.1. The lowest BCUT2D eigenvalue weighted by Crippen LogP contribution is -2.61. The van der Waals surface area contributed by atoms with Gasteiger partial charge in [-0.05, 0) is 74.9 Å². The third kappa shape index (κ3) is 9.47. The van der Waals surface area contributed by atoms with Crippen molar-refractivity contribution < 1.29 is 64.0 Å². The molecule has 3 aliphatic heterocycles. The van der Waals surface area contributed by atoms with Crippen molar-refractivity contribution in [3.05, 3.63) is 0 Å². The van der Waals surface area contributed by atoms with E-state index >= 15 is 0 Å². The van der Waals surface area contributed by atoms with Crippen molar-refractivity contribution in [3.63, 3.8) is 0 Å². The van der Waals surface area contributed by atoms with Crippen molar-refractivity contribution >= 4 is 11.7 Å². The Bertz CT molecular complexity index is 1200. The fraction of sp³-hybridized carbons (Fsp3) is 0.946. The van der Waals surface area contributed by atoms with E-state index in [4.69, 9.17) is 28.4 Å². The van der Waals surface area contributed by atoms with Gasteiger partial charge in [-0.15, -0.1) is 0 Å². The van der Waals surface area contributed by atoms with Crippen molar-refractivity contribution in [3.8, 4) is 0 Å². The first-order valence-electron chi connectivity index (χ1n) is 18.7. The maximum Gasteiger partial charge on any atom is 0.311 e. The minimum atomic E-state index is -1.97. The van der Waals surface area contributed by atoms with Crippen LogP contribution in [0.1, 0.15) is 94.9 Å². The minimum Gasteiger partial charge on any atom is -0.459 e. The highest BCUT2D eigenvalue weighted by Crippen LogP contribution is 2.41. The summed E-state index contributed by atoms with van der Waals surface area (Å²) in [6.07, 6.45) is -9.51. The van der Waals surface area contributed by atoms with Gasteiger partial charge in [0.15, 0.2) is 12.6 Å². The van der Waals surface area contributed by atoms with Gasteiger partial charge >= 0.3 is 5.97 Å². The van der Waals surface area contributed by atoms with Gasteiger partial charge in [-0.2, -0.15) is 0 Å². The number of aliphatic hydroxyl groups is 5. The first-order valence-corrected chi connectivity index (χ1v) is 18.7. The van der Waals surface area contributed by atoms with Gasteiger partial charge < -0.3 is 64.1 Å². The van der Waals surface area contributed by atoms with Crippen LogP contribution in [-0.2, 0) is 33.2 Å². The summed E-state index contributed by atoms with van der Waals surface area (Å²) in [5.41, 5.74) is -4.68. The predicted molar refractivity (Wildman–Crippen MR) is 190 cm³/mol. The number of carbonyl (C=O) groups is 1. The van der Waals surface area contributed by atoms with Crippen LogP contribution < -0.4 is 0 Å². The second kappa shape index (κ2) is 17.5. The summed E-state index contributed by atoms with van der Waals surface area (Å²) in [7, 11) is 5.19. The molecule has 0 spiro atoms. The zero-order chi connectivity index (χ0) is 39.7. The van der Waals surface area contributed by atoms with Crippen molar-refractivity contribution in [2.75, 3.05) is 21.2 Å². The fourth-order valence-electron chi connectivity index (χ4n) is 8.61. The highest BCUT2D eigenvalue weighted by atomic mass is 16.7. The number of hydrogen-bond acceptors (Lipinski definition) is 15. The summed E-state index contributed by atoms with van der Waals surface area (Å²) in [6.45, 7) is 16.6. The molecule has 0 aromatic carbocycles. The van der Waals surface area contributed by atoms with Gasteiger partial charge in [-0.3, -0.25) is 4.79 Å². The fourth-order valence-corrected chi connectivity index (χ4v) is 8.61. The highest BCUT2D eigenvalue weighted by Gasteiger charge is 2.53. The summed E-state index contributed by atoms with van der Waals surface area (Å²) < 4.78 is 37.2. The Morgan fingerprint density at radius 3 is 2.08 bits per heavy atom. The van der Waals surface area contributed by atoms with E-state index in [1.165, 1.54) is 14.0 Å². The molecule has 6 N–H and O–H groups in total. The molecular weight excluding hydrogens is 680 g/mol. The predicted octanol–water partition coefficient (Wildman–Crippen LogP) is 2.05. The van der Waals surface area contributed by atoms with Gasteiger partial charge in [-0.25, -0.2) is 0 Å². The number of nitrogens with zero attached hydrogens (tertiary/aromatic N) is 2. The molecule has 15 heteroatoms. The van der Waals surface area contributed by atoms with Crippen LogP contribution in [0.2, 0.25) is 0 Å². The van der Waals surface area contributed by atoms with Crippen LogP contribution in [0.5, 0.6) is 0 Å². The number of esters is 1. The van der Waals surface area contributed by atoms with Crippen molar-refractivity contribution in [2.24, 2.45) is 28.8 Å². The summed E-state index contributed by atoms with van der Waals surface area (Å²) in [4.78, 5) is 16.0. The number of oxime groups is 1. The molecule has 0 aromatic rings. The van der Waals surface area contributed by atoms with E-state index in [0.717, 1.165) is 0 Å². The van der Waals surface area contributed by atoms with E-state index in [1.807, 2.05) is 25.9 Å². The second-order valence-corrected chi connectivity index (χ2v) is 16.6. The molecule has 3 aliphatic rings. The third-order valence-corrected chi connectivity index (χ3v) is 12.0. The van der Waals surface area contributed by atoms with E-state index in [2.05, 4.69) is 5.16 Å². The number of cyclic esters (lactones) is 1. The molecule has 3 heterocycles. The van der Waals surface area contributed by atoms with Crippen LogP contribution in [-0.4, -0.2) is 153 Å². The zero-order valence-electron chi connectivity index (χ0n) is 33.4. The Morgan fingerprint density at radius 2 is 1.54 bits per heavy atom. The van der Waals surface area contributed by atoms with Crippen LogP contribution >= 0.6 is 0 Å². The molecule has 0 unspecified atom stereocenters. The van der Waals surface area contributed by atoms with Gasteiger partial charge in [0.1, 0.15) is 23.9 Å². The lowest BCUT2D eigenvalue weighted by atomic mass is 9.73. The average Bonchev–Trinajstić information content (AvgIpc) is 3.06. The molecule has 3 rings (SSSR count). The maximum atomic E-state index is 14.1. The highest BCUT2D eigenvalue weighted by molar-refractivity contribution is 5.88. The monoisotopic (exact) mass is 748 g/mol. The molecule has 52 heavy (non-hydrogen) atoms. The second-order valence-electron chi connectivity index (χ2n) is 16.6. The van der Waals surface area contributed by atoms with Crippen LogP contribution in [0, 0.1) is 23.7 Å². The molecule has 0 radical (unpaired) electrons. The Labute approximate surface area is 309 Å². The van der Waals surface area contributed by atoms with Gasteiger partial charge in [0.05, 0.1) is 53.4 Å². The third-order valence-electron chi connectivity index (χ3n) is 12.0. The smallest absolute Gasteiger partial charge is 0.311 e. The van der Waals surface area contributed by atoms with Crippen molar-refractivity contribution in [2.45, 2.75) is 179 Å². The molecule has 0 aliphatic carbocycles. The van der Waals surface area contributed by atoms with Crippen molar-refractivity contribution in [1.82, 2.24) is 4.90 Å². The Kier molecular flexibility index (Phi) is 15.1. The Morgan fingerprint density at radius 1 is 0.923 bits per heavy atom. The molecule has 3 saturated heterocycles. The van der Waals surface area contributed by atoms with E-state index in [9.17, 15) is 35.5 Å². The van der Waals surface area contributed by atoms with Gasteiger partial charge in [-0.1, -0.05) is 32.9 Å². The van der Waals surface area contributed by atoms with Crippen LogP contribution in [0.15, 0.2) is 5.16 Å². The number of aliphatic hydroxyl groups excluding tert-OH is 3. The van der Waals surface area contributed by atoms with Gasteiger partial charge in [0, 0.05) is 37.3 Å². The number of likely N-dealkylation sites (N-methyl/N-ethyl adjacent to an activating group) is 1.